The molecule has 0 amide bonds. The molecule has 15 heavy (non-hydrogen) atoms. The number of furan rings is 1. The topological polar surface area (TPSA) is 25.2 Å². The van der Waals surface area contributed by atoms with Gasteiger partial charge in [-0.05, 0) is 19.1 Å². The molecular weight excluding hydrogens is 186 g/mol. The number of rotatable bonds is 3. The third-order valence-corrected chi connectivity index (χ3v) is 2.45. The Balaban J connectivity index is 2.28. The van der Waals surface area contributed by atoms with E-state index >= 15 is 0 Å². The van der Waals surface area contributed by atoms with Gasteiger partial charge in [0.05, 0.1) is 6.04 Å². The fraction of sp³-hybridized carbons (Fsp3) is 0.385. The third kappa shape index (κ3) is 2.21. The number of hydrogen-bond acceptors (Lipinski definition) is 2. The van der Waals surface area contributed by atoms with Gasteiger partial charge in [-0.15, -0.1) is 0 Å². The van der Waals surface area contributed by atoms with E-state index in [0.29, 0.717) is 6.04 Å². The van der Waals surface area contributed by atoms with Crippen molar-refractivity contribution in [2.75, 3.05) is 0 Å². The van der Waals surface area contributed by atoms with E-state index in [2.05, 4.69) is 38.2 Å². The summed E-state index contributed by atoms with van der Waals surface area (Å²) in [5, 5.41) is 4.60. The monoisotopic (exact) mass is 203 g/mol. The first-order valence-corrected chi connectivity index (χ1v) is 5.41. The Morgan fingerprint density at radius 3 is 2.53 bits per heavy atom. The molecule has 2 rings (SSSR count). The van der Waals surface area contributed by atoms with Crippen LogP contribution in [0.15, 0.2) is 34.7 Å². The highest BCUT2D eigenvalue weighted by Gasteiger charge is 2.11. The van der Waals surface area contributed by atoms with Crippen molar-refractivity contribution in [2.24, 2.45) is 0 Å². The van der Waals surface area contributed by atoms with Gasteiger partial charge in [0, 0.05) is 11.4 Å². The summed E-state index contributed by atoms with van der Waals surface area (Å²) in [6, 6.07) is 10.9. The zero-order valence-corrected chi connectivity index (χ0v) is 9.45. The van der Waals surface area contributed by atoms with E-state index in [-0.39, 0.29) is 6.04 Å². The average molecular weight is 203 g/mol. The SMILES string of the molecule is CC(C)N[C@@H](C)c1cc2ccccc2o1. The van der Waals surface area contributed by atoms with Crippen LogP contribution in [0.5, 0.6) is 0 Å². The van der Waals surface area contributed by atoms with Crippen LogP contribution in [0, 0.1) is 0 Å². The number of hydrogen-bond donors (Lipinski definition) is 1. The van der Waals surface area contributed by atoms with Crippen LogP contribution < -0.4 is 5.32 Å². The lowest BCUT2D eigenvalue weighted by Gasteiger charge is -2.13. The maximum Gasteiger partial charge on any atom is 0.134 e. The number of nitrogens with one attached hydrogen (secondary N) is 1. The van der Waals surface area contributed by atoms with Gasteiger partial charge in [0.1, 0.15) is 11.3 Å². The molecule has 2 nitrogen and oxygen atoms in total. The van der Waals surface area contributed by atoms with Crippen molar-refractivity contribution in [3.8, 4) is 0 Å². The largest absolute Gasteiger partial charge is 0.459 e. The molecule has 0 fully saturated rings. The van der Waals surface area contributed by atoms with Crippen molar-refractivity contribution >= 4 is 11.0 Å². The fourth-order valence-corrected chi connectivity index (χ4v) is 1.80. The minimum Gasteiger partial charge on any atom is -0.459 e. The zero-order chi connectivity index (χ0) is 10.8. The summed E-state index contributed by atoms with van der Waals surface area (Å²) in [6.07, 6.45) is 0. The Bertz CT molecular complexity index is 411. The van der Waals surface area contributed by atoms with Gasteiger partial charge in [0.25, 0.3) is 0 Å². The van der Waals surface area contributed by atoms with E-state index < -0.39 is 0 Å². The van der Waals surface area contributed by atoms with Crippen LogP contribution in [0.3, 0.4) is 0 Å². The fourth-order valence-electron chi connectivity index (χ4n) is 1.80. The molecule has 0 aliphatic rings. The van der Waals surface area contributed by atoms with Gasteiger partial charge < -0.3 is 9.73 Å². The van der Waals surface area contributed by atoms with Crippen LogP contribution in [-0.4, -0.2) is 6.04 Å². The van der Waals surface area contributed by atoms with Crippen LogP contribution in [0.4, 0.5) is 0 Å². The maximum absolute atomic E-state index is 5.77. The molecule has 0 aliphatic heterocycles. The lowest BCUT2D eigenvalue weighted by molar-refractivity contribution is 0.423. The van der Waals surface area contributed by atoms with Crippen LogP contribution in [-0.2, 0) is 0 Å². The normalized spacial score (nSPS) is 13.6. The van der Waals surface area contributed by atoms with E-state index in [0.717, 1.165) is 11.3 Å². The standard InChI is InChI=1S/C13H17NO/c1-9(2)14-10(3)13-8-11-6-4-5-7-12(11)15-13/h4-10,14H,1-3H3/t10-/m0/s1. The summed E-state index contributed by atoms with van der Waals surface area (Å²) in [4.78, 5) is 0. The van der Waals surface area contributed by atoms with E-state index in [1.54, 1.807) is 0 Å². The molecule has 1 aromatic heterocycles. The molecule has 2 aromatic rings. The van der Waals surface area contributed by atoms with Gasteiger partial charge in [0.2, 0.25) is 0 Å². The molecule has 0 saturated carbocycles. The summed E-state index contributed by atoms with van der Waals surface area (Å²) >= 11 is 0. The van der Waals surface area contributed by atoms with Crippen molar-refractivity contribution < 1.29 is 4.42 Å². The number of fused-ring (bicyclic) bond motifs is 1. The van der Waals surface area contributed by atoms with Crippen molar-refractivity contribution in [2.45, 2.75) is 32.9 Å². The van der Waals surface area contributed by atoms with Gasteiger partial charge in [-0.1, -0.05) is 32.0 Å². The van der Waals surface area contributed by atoms with E-state index in [4.69, 9.17) is 4.42 Å². The second-order valence-electron chi connectivity index (χ2n) is 4.23. The second kappa shape index (κ2) is 4.07. The van der Waals surface area contributed by atoms with Gasteiger partial charge in [0.15, 0.2) is 0 Å². The molecule has 0 unspecified atom stereocenters. The lowest BCUT2D eigenvalue weighted by Crippen LogP contribution is -2.25. The molecule has 0 bridgehead atoms. The summed E-state index contributed by atoms with van der Waals surface area (Å²) in [7, 11) is 0. The van der Waals surface area contributed by atoms with Gasteiger partial charge in [-0.25, -0.2) is 0 Å². The number of benzene rings is 1. The summed E-state index contributed by atoms with van der Waals surface area (Å²) in [6.45, 7) is 6.40. The second-order valence-corrected chi connectivity index (χ2v) is 4.23. The average Bonchev–Trinajstić information content (AvgIpc) is 2.59. The molecular formula is C13H17NO. The van der Waals surface area contributed by atoms with Gasteiger partial charge in [-0.3, -0.25) is 0 Å². The van der Waals surface area contributed by atoms with Crippen LogP contribution in [0.2, 0.25) is 0 Å². The Morgan fingerprint density at radius 1 is 1.13 bits per heavy atom. The predicted octanol–water partition coefficient (Wildman–Crippen LogP) is 3.49. The molecule has 1 N–H and O–H groups in total. The van der Waals surface area contributed by atoms with Crippen molar-refractivity contribution in [3.63, 3.8) is 0 Å². The first-order valence-electron chi connectivity index (χ1n) is 5.41. The van der Waals surface area contributed by atoms with E-state index in [1.165, 1.54) is 5.39 Å². The molecule has 2 heteroatoms. The van der Waals surface area contributed by atoms with Crippen molar-refractivity contribution in [3.05, 3.63) is 36.1 Å². The third-order valence-electron chi connectivity index (χ3n) is 2.45. The molecule has 1 atom stereocenters. The van der Waals surface area contributed by atoms with Gasteiger partial charge in [-0.2, -0.15) is 0 Å². The smallest absolute Gasteiger partial charge is 0.134 e. The molecule has 80 valence electrons. The summed E-state index contributed by atoms with van der Waals surface area (Å²) < 4.78 is 5.77. The van der Waals surface area contributed by atoms with Crippen LogP contribution in [0.25, 0.3) is 11.0 Å². The highest BCUT2D eigenvalue weighted by atomic mass is 16.3. The molecule has 0 saturated heterocycles. The maximum atomic E-state index is 5.77. The van der Waals surface area contributed by atoms with Crippen LogP contribution >= 0.6 is 0 Å². The Kier molecular flexibility index (Phi) is 2.78. The minimum atomic E-state index is 0.261. The van der Waals surface area contributed by atoms with E-state index in [9.17, 15) is 0 Å². The molecule has 0 spiro atoms. The first kappa shape index (κ1) is 10.2. The van der Waals surface area contributed by atoms with Crippen molar-refractivity contribution in [1.82, 2.24) is 5.32 Å². The Morgan fingerprint density at radius 2 is 1.87 bits per heavy atom. The molecule has 1 aromatic carbocycles. The molecule has 0 aliphatic carbocycles. The molecule has 0 radical (unpaired) electrons. The van der Waals surface area contributed by atoms with Crippen LogP contribution in [0.1, 0.15) is 32.6 Å². The molecule has 1 heterocycles. The predicted molar refractivity (Wildman–Crippen MR) is 62.9 cm³/mol. The lowest BCUT2D eigenvalue weighted by atomic mass is 10.2. The van der Waals surface area contributed by atoms with E-state index in [1.807, 2.05) is 18.2 Å². The first-order chi connectivity index (χ1) is 7.16. The highest BCUT2D eigenvalue weighted by molar-refractivity contribution is 5.77. The summed E-state index contributed by atoms with van der Waals surface area (Å²) in [5.74, 6) is 1.00. The number of para-hydroxylation sites is 1. The van der Waals surface area contributed by atoms with Crippen molar-refractivity contribution in [1.29, 1.82) is 0 Å². The quantitative estimate of drug-likeness (QED) is 0.826. The summed E-state index contributed by atoms with van der Waals surface area (Å²) in [5.41, 5.74) is 0.963. The van der Waals surface area contributed by atoms with Gasteiger partial charge >= 0.3 is 0 Å². The Labute approximate surface area is 90.3 Å². The Hall–Kier alpha value is -1.28. The zero-order valence-electron chi connectivity index (χ0n) is 9.45. The highest BCUT2D eigenvalue weighted by Crippen LogP contribution is 2.23. The minimum absolute atomic E-state index is 0.261.